The van der Waals surface area contributed by atoms with Gasteiger partial charge in [0, 0.05) is 12.1 Å². The first-order chi connectivity index (χ1) is 8.61. The highest BCUT2D eigenvalue weighted by molar-refractivity contribution is 7.83. The third-order valence-electron chi connectivity index (χ3n) is 5.05. The Morgan fingerprint density at radius 3 is 1.61 bits per heavy atom. The molecule has 1 nitrogen and oxygen atoms in total. The number of rotatable bonds is 2. The molecule has 0 aromatic heterocycles. The Morgan fingerprint density at radius 2 is 1.28 bits per heavy atom. The van der Waals surface area contributed by atoms with E-state index >= 15 is 0 Å². The second-order valence-corrected chi connectivity index (χ2v) is 7.29. The SMILES string of the molecule is CC1CCCCC1N(C(=S)Cl)C1CCCCC1C. The summed E-state index contributed by atoms with van der Waals surface area (Å²) in [5.74, 6) is 1.48. The van der Waals surface area contributed by atoms with E-state index in [2.05, 4.69) is 18.7 Å². The highest BCUT2D eigenvalue weighted by Crippen LogP contribution is 2.36. The Balaban J connectivity index is 2.13. The van der Waals surface area contributed by atoms with Crippen LogP contribution in [0.2, 0.25) is 0 Å². The minimum Gasteiger partial charge on any atom is -0.347 e. The third kappa shape index (κ3) is 3.19. The second kappa shape index (κ2) is 6.56. The normalized spacial score (nSPS) is 37.3. The van der Waals surface area contributed by atoms with E-state index < -0.39 is 0 Å². The molecular formula is C15H26ClNS. The van der Waals surface area contributed by atoms with Crippen molar-refractivity contribution >= 4 is 28.3 Å². The van der Waals surface area contributed by atoms with E-state index in [1.165, 1.54) is 51.4 Å². The Bertz CT molecular complexity index is 272. The number of hydrogen-bond donors (Lipinski definition) is 0. The van der Waals surface area contributed by atoms with Crippen LogP contribution in [0.1, 0.15) is 65.2 Å². The van der Waals surface area contributed by atoms with Gasteiger partial charge < -0.3 is 4.90 Å². The predicted octanol–water partition coefficient (Wildman–Crippen LogP) is 4.97. The second-order valence-electron chi connectivity index (χ2n) is 6.32. The first kappa shape index (κ1) is 14.6. The van der Waals surface area contributed by atoms with Gasteiger partial charge in [0.05, 0.1) is 0 Å². The summed E-state index contributed by atoms with van der Waals surface area (Å²) in [7, 11) is 0. The van der Waals surface area contributed by atoms with Crippen molar-refractivity contribution in [1.29, 1.82) is 0 Å². The maximum Gasteiger partial charge on any atom is 0.170 e. The van der Waals surface area contributed by atoms with Gasteiger partial charge in [0.2, 0.25) is 0 Å². The zero-order valence-electron chi connectivity index (χ0n) is 11.7. The number of thiocarbonyl (C=S) groups is 1. The summed E-state index contributed by atoms with van der Waals surface area (Å²) in [5.41, 5.74) is 0. The van der Waals surface area contributed by atoms with E-state index in [4.69, 9.17) is 23.8 Å². The Hall–Kier alpha value is 0.180. The monoisotopic (exact) mass is 287 g/mol. The molecule has 0 bridgehead atoms. The largest absolute Gasteiger partial charge is 0.347 e. The maximum atomic E-state index is 6.30. The van der Waals surface area contributed by atoms with Crippen LogP contribution >= 0.6 is 23.8 Å². The molecule has 18 heavy (non-hydrogen) atoms. The van der Waals surface area contributed by atoms with Crippen molar-refractivity contribution in [2.45, 2.75) is 77.3 Å². The average molecular weight is 288 g/mol. The van der Waals surface area contributed by atoms with E-state index in [1.54, 1.807) is 0 Å². The van der Waals surface area contributed by atoms with Crippen LogP contribution in [0, 0.1) is 11.8 Å². The Labute approximate surface area is 122 Å². The van der Waals surface area contributed by atoms with Crippen molar-refractivity contribution in [3.05, 3.63) is 0 Å². The van der Waals surface area contributed by atoms with Crippen molar-refractivity contribution in [3.63, 3.8) is 0 Å². The Kier molecular flexibility index (Phi) is 5.32. The topological polar surface area (TPSA) is 3.24 Å². The van der Waals surface area contributed by atoms with Crippen LogP contribution in [0.3, 0.4) is 0 Å². The minimum atomic E-state index is 0.592. The van der Waals surface area contributed by atoms with Crippen LogP contribution in [0.5, 0.6) is 0 Å². The fraction of sp³-hybridized carbons (Fsp3) is 0.933. The first-order valence-electron chi connectivity index (χ1n) is 7.59. The van der Waals surface area contributed by atoms with Crippen LogP contribution in [0.4, 0.5) is 0 Å². The van der Waals surface area contributed by atoms with Gasteiger partial charge in [-0.2, -0.15) is 0 Å². The summed E-state index contributed by atoms with van der Waals surface area (Å²) in [6, 6.07) is 1.18. The lowest BCUT2D eigenvalue weighted by molar-refractivity contribution is 0.0944. The molecule has 0 heterocycles. The number of halogens is 1. The molecule has 0 aliphatic heterocycles. The fourth-order valence-corrected chi connectivity index (χ4v) is 4.45. The van der Waals surface area contributed by atoms with Crippen LogP contribution < -0.4 is 0 Å². The lowest BCUT2D eigenvalue weighted by Crippen LogP contribution is -2.51. The van der Waals surface area contributed by atoms with Gasteiger partial charge in [0.25, 0.3) is 0 Å². The molecule has 2 saturated carbocycles. The molecule has 0 spiro atoms. The summed E-state index contributed by atoms with van der Waals surface area (Å²) in [4.78, 5) is 2.42. The van der Waals surface area contributed by atoms with Crippen LogP contribution in [-0.2, 0) is 0 Å². The highest BCUT2D eigenvalue weighted by Gasteiger charge is 2.36. The smallest absolute Gasteiger partial charge is 0.170 e. The summed E-state index contributed by atoms with van der Waals surface area (Å²) >= 11 is 11.7. The number of nitrogens with zero attached hydrogens (tertiary/aromatic N) is 1. The van der Waals surface area contributed by atoms with Crippen molar-refractivity contribution in [1.82, 2.24) is 4.90 Å². The van der Waals surface area contributed by atoms with Crippen molar-refractivity contribution in [2.24, 2.45) is 11.8 Å². The first-order valence-corrected chi connectivity index (χ1v) is 8.37. The molecule has 3 heteroatoms. The molecule has 0 saturated heterocycles. The maximum absolute atomic E-state index is 6.30. The third-order valence-corrected chi connectivity index (χ3v) is 5.46. The lowest BCUT2D eigenvalue weighted by atomic mass is 9.80. The van der Waals surface area contributed by atoms with E-state index in [0.29, 0.717) is 16.5 Å². The molecule has 0 N–H and O–H groups in total. The summed E-state index contributed by atoms with van der Waals surface area (Å²) in [6.45, 7) is 4.75. The molecule has 2 aliphatic carbocycles. The minimum absolute atomic E-state index is 0.592. The molecule has 4 unspecified atom stereocenters. The van der Waals surface area contributed by atoms with E-state index in [-0.39, 0.29) is 0 Å². The summed E-state index contributed by atoms with van der Waals surface area (Å²) in [5, 5.41) is 0. The molecule has 2 aliphatic rings. The summed E-state index contributed by atoms with van der Waals surface area (Å²) in [6.07, 6.45) is 10.7. The van der Waals surface area contributed by atoms with Crippen LogP contribution in [0.15, 0.2) is 0 Å². The van der Waals surface area contributed by atoms with E-state index in [1.807, 2.05) is 0 Å². The van der Waals surface area contributed by atoms with Crippen LogP contribution in [-0.4, -0.2) is 21.4 Å². The zero-order valence-corrected chi connectivity index (χ0v) is 13.3. The molecule has 0 aromatic rings. The lowest BCUT2D eigenvalue weighted by Gasteiger charge is -2.46. The average Bonchev–Trinajstić information content (AvgIpc) is 2.34. The highest BCUT2D eigenvalue weighted by atomic mass is 35.5. The molecular weight excluding hydrogens is 262 g/mol. The van der Waals surface area contributed by atoms with Gasteiger partial charge in [-0.15, -0.1) is 0 Å². The fourth-order valence-electron chi connectivity index (χ4n) is 3.93. The van der Waals surface area contributed by atoms with Gasteiger partial charge in [-0.05, 0) is 49.7 Å². The quantitative estimate of drug-likeness (QED) is 0.401. The molecule has 0 amide bonds. The van der Waals surface area contributed by atoms with Gasteiger partial charge in [-0.3, -0.25) is 0 Å². The molecule has 0 radical (unpaired) electrons. The van der Waals surface area contributed by atoms with Crippen molar-refractivity contribution in [2.75, 3.05) is 0 Å². The van der Waals surface area contributed by atoms with E-state index in [9.17, 15) is 0 Å². The molecule has 104 valence electrons. The van der Waals surface area contributed by atoms with Gasteiger partial charge in [0.15, 0.2) is 4.45 Å². The van der Waals surface area contributed by atoms with Crippen molar-refractivity contribution in [3.8, 4) is 0 Å². The van der Waals surface area contributed by atoms with E-state index in [0.717, 1.165) is 11.8 Å². The Morgan fingerprint density at radius 1 is 0.889 bits per heavy atom. The molecule has 4 atom stereocenters. The summed E-state index contributed by atoms with van der Waals surface area (Å²) < 4.78 is 0.618. The molecule has 0 aromatic carbocycles. The van der Waals surface area contributed by atoms with Crippen molar-refractivity contribution < 1.29 is 0 Å². The van der Waals surface area contributed by atoms with Gasteiger partial charge in [-0.25, -0.2) is 0 Å². The standard InChI is InChI=1S/C15H26ClNS/c1-11-7-3-5-9-13(11)17(15(16)18)14-10-6-4-8-12(14)2/h11-14H,3-10H2,1-2H3. The van der Waals surface area contributed by atoms with Gasteiger partial charge in [-0.1, -0.05) is 51.1 Å². The number of hydrogen-bond acceptors (Lipinski definition) is 1. The zero-order chi connectivity index (χ0) is 13.1. The molecule has 2 fully saturated rings. The predicted molar refractivity (Wildman–Crippen MR) is 83.1 cm³/mol. The van der Waals surface area contributed by atoms with Gasteiger partial charge in [0.1, 0.15) is 0 Å². The van der Waals surface area contributed by atoms with Gasteiger partial charge >= 0.3 is 0 Å². The van der Waals surface area contributed by atoms with Crippen LogP contribution in [0.25, 0.3) is 0 Å². The molecule has 2 rings (SSSR count).